The van der Waals surface area contributed by atoms with Crippen LogP contribution in [-0.4, -0.2) is 39.9 Å². The number of para-hydroxylation sites is 1. The Bertz CT molecular complexity index is 1640. The molecular formula is C30H30N6O4S. The minimum atomic E-state index is -0.390. The second-order valence-electron chi connectivity index (χ2n) is 10.3. The summed E-state index contributed by atoms with van der Waals surface area (Å²) in [5.74, 6) is 0.795. The molecule has 2 aliphatic rings. The van der Waals surface area contributed by atoms with Gasteiger partial charge in [0.05, 0.1) is 28.6 Å². The summed E-state index contributed by atoms with van der Waals surface area (Å²) >= 11 is 1.25. The highest BCUT2D eigenvalue weighted by Crippen LogP contribution is 2.47. The van der Waals surface area contributed by atoms with Gasteiger partial charge in [-0.15, -0.1) is 11.3 Å². The molecule has 0 bridgehead atoms. The number of ether oxygens (including phenoxy) is 1. The lowest BCUT2D eigenvalue weighted by Gasteiger charge is -2.31. The first-order valence-corrected chi connectivity index (χ1v) is 14.5. The van der Waals surface area contributed by atoms with Crippen molar-refractivity contribution in [2.24, 2.45) is 0 Å². The Labute approximate surface area is 241 Å². The molecule has 3 aromatic heterocycles. The van der Waals surface area contributed by atoms with Gasteiger partial charge in [-0.1, -0.05) is 25.1 Å². The van der Waals surface area contributed by atoms with Crippen molar-refractivity contribution in [3.05, 3.63) is 65.3 Å². The van der Waals surface area contributed by atoms with E-state index in [1.54, 1.807) is 24.5 Å². The Morgan fingerprint density at radius 1 is 1.12 bits per heavy atom. The number of hydrogen-bond donors (Lipinski definition) is 3. The van der Waals surface area contributed by atoms with Gasteiger partial charge in [0.2, 0.25) is 11.8 Å². The monoisotopic (exact) mass is 570 g/mol. The summed E-state index contributed by atoms with van der Waals surface area (Å²) in [5, 5.41) is 9.88. The minimum absolute atomic E-state index is 0.0142. The Balaban J connectivity index is 1.32. The Hall–Kier alpha value is -4.51. The van der Waals surface area contributed by atoms with Crippen LogP contribution in [0.5, 0.6) is 11.6 Å². The predicted octanol–water partition coefficient (Wildman–Crippen LogP) is 6.04. The van der Waals surface area contributed by atoms with Gasteiger partial charge in [-0.2, -0.15) is 0 Å². The maximum atomic E-state index is 13.8. The first-order chi connectivity index (χ1) is 19.9. The highest BCUT2D eigenvalue weighted by atomic mass is 32.1. The lowest BCUT2D eigenvalue weighted by atomic mass is 9.90. The molecule has 41 heavy (non-hydrogen) atoms. The van der Waals surface area contributed by atoms with Crippen molar-refractivity contribution >= 4 is 56.5 Å². The molecule has 6 rings (SSSR count). The molecule has 1 aliphatic heterocycles. The number of hydrogen-bond acceptors (Lipinski definition) is 7. The molecule has 0 spiro atoms. The van der Waals surface area contributed by atoms with Crippen molar-refractivity contribution in [1.29, 1.82) is 0 Å². The zero-order chi connectivity index (χ0) is 28.5. The van der Waals surface area contributed by atoms with Crippen molar-refractivity contribution in [1.82, 2.24) is 20.6 Å². The molecule has 4 amide bonds. The molecule has 210 valence electrons. The van der Waals surface area contributed by atoms with Crippen LogP contribution in [0.25, 0.3) is 10.2 Å². The third-order valence-corrected chi connectivity index (χ3v) is 8.49. The summed E-state index contributed by atoms with van der Waals surface area (Å²) in [6.45, 7) is 3.70. The Morgan fingerprint density at radius 2 is 1.90 bits per heavy atom. The molecule has 0 saturated heterocycles. The number of nitrogens with one attached hydrogen (secondary N) is 3. The normalized spacial score (nSPS) is 18.1. The van der Waals surface area contributed by atoms with Crippen LogP contribution < -0.4 is 25.6 Å². The summed E-state index contributed by atoms with van der Waals surface area (Å²) in [4.78, 5) is 50.8. The van der Waals surface area contributed by atoms with E-state index in [0.717, 1.165) is 24.8 Å². The molecular weight excluding hydrogens is 540 g/mol. The maximum Gasteiger partial charge on any atom is 0.331 e. The number of nitrogens with zero attached hydrogens (tertiary/aromatic N) is 3. The first-order valence-electron chi connectivity index (χ1n) is 13.7. The van der Waals surface area contributed by atoms with E-state index in [0.29, 0.717) is 56.6 Å². The summed E-state index contributed by atoms with van der Waals surface area (Å²) in [6.07, 6.45) is 6.92. The second kappa shape index (κ2) is 11.2. The molecule has 1 fully saturated rings. The quantitative estimate of drug-likeness (QED) is 0.249. The van der Waals surface area contributed by atoms with Crippen LogP contribution in [0.15, 0.2) is 54.9 Å². The van der Waals surface area contributed by atoms with E-state index in [9.17, 15) is 14.4 Å². The van der Waals surface area contributed by atoms with Crippen LogP contribution in [0, 0.1) is 6.92 Å². The molecule has 1 aromatic carbocycles. The minimum Gasteiger partial charge on any atom is -0.439 e. The van der Waals surface area contributed by atoms with Crippen molar-refractivity contribution in [3.63, 3.8) is 0 Å². The highest BCUT2D eigenvalue weighted by Gasteiger charge is 2.36. The van der Waals surface area contributed by atoms with Gasteiger partial charge >= 0.3 is 6.03 Å². The SMILES string of the molecule is CCC(=O)N[C@@H]1CCC[C@@H](NC(=O)c2sc3nccc4c3c2N(c2cnc(Oc3ccccc3)cc2C)C(=O)N4)C1. The van der Waals surface area contributed by atoms with Crippen LogP contribution in [0.2, 0.25) is 0 Å². The Kier molecular flexibility index (Phi) is 7.27. The van der Waals surface area contributed by atoms with E-state index >= 15 is 0 Å². The van der Waals surface area contributed by atoms with Crippen molar-refractivity contribution in [2.75, 3.05) is 10.2 Å². The summed E-state index contributed by atoms with van der Waals surface area (Å²) in [7, 11) is 0. The van der Waals surface area contributed by atoms with E-state index < -0.39 is 0 Å². The molecule has 4 heterocycles. The van der Waals surface area contributed by atoms with E-state index in [-0.39, 0.29) is 29.9 Å². The topological polar surface area (TPSA) is 126 Å². The number of carbonyl (C=O) groups is 3. The van der Waals surface area contributed by atoms with Gasteiger partial charge in [0.15, 0.2) is 0 Å². The van der Waals surface area contributed by atoms with Gasteiger partial charge in [-0.25, -0.2) is 14.8 Å². The van der Waals surface area contributed by atoms with Crippen molar-refractivity contribution in [3.8, 4) is 11.6 Å². The number of aromatic nitrogens is 2. The maximum absolute atomic E-state index is 13.8. The average Bonchev–Trinajstić information content (AvgIpc) is 3.35. The summed E-state index contributed by atoms with van der Waals surface area (Å²) in [5.41, 5.74) is 2.38. The van der Waals surface area contributed by atoms with Crippen LogP contribution >= 0.6 is 11.3 Å². The zero-order valence-electron chi connectivity index (χ0n) is 22.8. The van der Waals surface area contributed by atoms with Crippen LogP contribution in [0.4, 0.5) is 21.9 Å². The van der Waals surface area contributed by atoms with Crippen LogP contribution in [0.1, 0.15) is 54.3 Å². The third-order valence-electron chi connectivity index (χ3n) is 7.40. The number of urea groups is 1. The molecule has 1 saturated carbocycles. The fraction of sp³-hybridized carbons (Fsp3) is 0.300. The number of anilines is 3. The zero-order valence-corrected chi connectivity index (χ0v) is 23.6. The fourth-order valence-corrected chi connectivity index (χ4v) is 6.49. The third kappa shape index (κ3) is 5.32. The summed E-state index contributed by atoms with van der Waals surface area (Å²) in [6, 6.07) is 12.4. The van der Waals surface area contributed by atoms with Gasteiger partial charge < -0.3 is 20.7 Å². The first kappa shape index (κ1) is 26.7. The van der Waals surface area contributed by atoms with Gasteiger partial charge in [0, 0.05) is 30.8 Å². The number of amides is 4. The molecule has 2 atom stereocenters. The van der Waals surface area contributed by atoms with Gasteiger partial charge in [0.1, 0.15) is 15.5 Å². The van der Waals surface area contributed by atoms with E-state index in [1.807, 2.05) is 44.2 Å². The lowest BCUT2D eigenvalue weighted by molar-refractivity contribution is -0.121. The molecule has 10 nitrogen and oxygen atoms in total. The largest absolute Gasteiger partial charge is 0.439 e. The fourth-order valence-electron chi connectivity index (χ4n) is 5.44. The molecule has 11 heteroatoms. The van der Waals surface area contributed by atoms with E-state index in [1.165, 1.54) is 16.2 Å². The molecule has 4 aromatic rings. The van der Waals surface area contributed by atoms with Crippen LogP contribution in [0.3, 0.4) is 0 Å². The lowest BCUT2D eigenvalue weighted by Crippen LogP contribution is -2.45. The number of aryl methyl sites for hydroxylation is 1. The number of carbonyl (C=O) groups excluding carboxylic acids is 3. The molecule has 0 unspecified atom stereocenters. The van der Waals surface area contributed by atoms with Crippen molar-refractivity contribution < 1.29 is 19.1 Å². The van der Waals surface area contributed by atoms with Gasteiger partial charge in [0.25, 0.3) is 5.91 Å². The average molecular weight is 571 g/mol. The number of thiophene rings is 1. The van der Waals surface area contributed by atoms with E-state index in [4.69, 9.17) is 4.74 Å². The number of pyridine rings is 2. The predicted molar refractivity (Wildman–Crippen MR) is 158 cm³/mol. The number of benzene rings is 1. The molecule has 3 N–H and O–H groups in total. The molecule has 1 aliphatic carbocycles. The highest BCUT2D eigenvalue weighted by molar-refractivity contribution is 7.21. The smallest absolute Gasteiger partial charge is 0.331 e. The Morgan fingerprint density at radius 3 is 2.66 bits per heavy atom. The van der Waals surface area contributed by atoms with E-state index in [2.05, 4.69) is 25.9 Å². The standard InChI is InChI=1S/C30H30N6O4S/c1-3-23(37)33-18-8-7-9-19(15-18)34-28(38)27-26-25-21(12-13-31-29(25)41-27)35-30(39)36(26)22-16-32-24(14-17(22)2)40-20-10-5-4-6-11-20/h4-6,10-14,16,18-19H,3,7-9,15H2,1-2H3,(H,33,37)(H,34,38)(H,35,39)/t18-,19-/m1/s1. The van der Waals surface area contributed by atoms with Gasteiger partial charge in [-0.3, -0.25) is 14.5 Å². The van der Waals surface area contributed by atoms with Crippen molar-refractivity contribution in [2.45, 2.75) is 58.0 Å². The molecule has 0 radical (unpaired) electrons. The second-order valence-corrected chi connectivity index (χ2v) is 11.3. The van der Waals surface area contributed by atoms with Gasteiger partial charge in [-0.05, 0) is 56.4 Å². The summed E-state index contributed by atoms with van der Waals surface area (Å²) < 4.78 is 5.89. The van der Waals surface area contributed by atoms with Crippen LogP contribution in [-0.2, 0) is 4.79 Å². The number of rotatable bonds is 7.